The van der Waals surface area contributed by atoms with Gasteiger partial charge in [0.05, 0.1) is 6.26 Å². The molecule has 15 heavy (non-hydrogen) atoms. The maximum absolute atomic E-state index is 10.9. The van der Waals surface area contributed by atoms with Gasteiger partial charge in [0.15, 0.2) is 0 Å². The van der Waals surface area contributed by atoms with Crippen LogP contribution in [-0.2, 0) is 10.0 Å². The van der Waals surface area contributed by atoms with E-state index >= 15 is 0 Å². The van der Waals surface area contributed by atoms with E-state index in [1.165, 1.54) is 18.2 Å². The van der Waals surface area contributed by atoms with Gasteiger partial charge in [0.25, 0.3) is 0 Å². The summed E-state index contributed by atoms with van der Waals surface area (Å²) in [6.07, 6.45) is 2.07. The van der Waals surface area contributed by atoms with Gasteiger partial charge in [0, 0.05) is 16.8 Å². The lowest BCUT2D eigenvalue weighted by Gasteiger charge is -2.04. The van der Waals surface area contributed by atoms with Gasteiger partial charge in [-0.1, -0.05) is 0 Å². The minimum atomic E-state index is -3.41. The Balaban J connectivity index is 3.18. The van der Waals surface area contributed by atoms with Crippen LogP contribution in [0.2, 0.25) is 0 Å². The van der Waals surface area contributed by atoms with Gasteiger partial charge in [-0.2, -0.15) is 0 Å². The van der Waals surface area contributed by atoms with Gasteiger partial charge in [-0.25, -0.2) is 8.42 Å². The lowest BCUT2D eigenvalue weighted by atomic mass is 10.1. The number of sulfonamides is 1. The predicted molar refractivity (Wildman–Crippen MR) is 55.7 cm³/mol. The molecule has 1 aromatic rings. The van der Waals surface area contributed by atoms with Crippen molar-refractivity contribution in [3.05, 3.63) is 29.3 Å². The van der Waals surface area contributed by atoms with Gasteiger partial charge in [-0.3, -0.25) is 14.3 Å². The first-order valence-corrected chi connectivity index (χ1v) is 5.87. The van der Waals surface area contributed by atoms with Crippen LogP contribution in [0.25, 0.3) is 0 Å². The molecule has 6 heteroatoms. The van der Waals surface area contributed by atoms with Crippen LogP contribution in [0.4, 0.5) is 5.69 Å². The lowest BCUT2D eigenvalue weighted by Crippen LogP contribution is -2.10. The minimum Gasteiger partial charge on any atom is -0.298 e. The fourth-order valence-electron chi connectivity index (χ4n) is 1.09. The number of nitrogens with one attached hydrogen (secondary N) is 1. The first-order valence-electron chi connectivity index (χ1n) is 3.98. The maximum Gasteiger partial charge on any atom is 0.229 e. The molecule has 0 aliphatic heterocycles. The van der Waals surface area contributed by atoms with Crippen LogP contribution in [-0.4, -0.2) is 27.2 Å². The van der Waals surface area contributed by atoms with Crippen molar-refractivity contribution in [1.29, 1.82) is 0 Å². The largest absolute Gasteiger partial charge is 0.298 e. The number of anilines is 1. The second-order valence-corrected chi connectivity index (χ2v) is 4.75. The second kappa shape index (κ2) is 4.22. The molecule has 0 heterocycles. The summed E-state index contributed by atoms with van der Waals surface area (Å²) in [4.78, 5) is 21.0. The Hall–Kier alpha value is -1.69. The van der Waals surface area contributed by atoms with Crippen LogP contribution in [0.5, 0.6) is 0 Å². The average molecular weight is 227 g/mol. The molecular weight excluding hydrogens is 218 g/mol. The van der Waals surface area contributed by atoms with Crippen LogP contribution >= 0.6 is 0 Å². The van der Waals surface area contributed by atoms with Crippen LogP contribution < -0.4 is 4.72 Å². The molecule has 80 valence electrons. The fourth-order valence-corrected chi connectivity index (χ4v) is 1.63. The summed E-state index contributed by atoms with van der Waals surface area (Å²) in [6, 6.07) is 4.07. The molecule has 0 saturated heterocycles. The average Bonchev–Trinajstić information content (AvgIpc) is 2.14. The van der Waals surface area contributed by atoms with E-state index in [0.29, 0.717) is 12.6 Å². The fraction of sp³-hybridized carbons (Fsp3) is 0.111. The van der Waals surface area contributed by atoms with Crippen molar-refractivity contribution >= 4 is 28.3 Å². The topological polar surface area (TPSA) is 80.3 Å². The summed E-state index contributed by atoms with van der Waals surface area (Å²) in [5.74, 6) is 0. The highest BCUT2D eigenvalue weighted by Crippen LogP contribution is 2.13. The maximum atomic E-state index is 10.9. The monoisotopic (exact) mass is 227 g/mol. The summed E-state index contributed by atoms with van der Waals surface area (Å²) in [6.45, 7) is 0. The van der Waals surface area contributed by atoms with Gasteiger partial charge in [-0.05, 0) is 18.2 Å². The first kappa shape index (κ1) is 11.4. The summed E-state index contributed by atoms with van der Waals surface area (Å²) >= 11 is 0. The molecule has 1 N–H and O–H groups in total. The van der Waals surface area contributed by atoms with E-state index in [9.17, 15) is 18.0 Å². The van der Waals surface area contributed by atoms with Crippen LogP contribution in [0.15, 0.2) is 18.2 Å². The van der Waals surface area contributed by atoms with Crippen molar-refractivity contribution < 1.29 is 18.0 Å². The van der Waals surface area contributed by atoms with E-state index in [1.54, 1.807) is 0 Å². The number of carbonyl (C=O) groups is 2. The molecule has 0 bridgehead atoms. The van der Waals surface area contributed by atoms with Gasteiger partial charge in [0.1, 0.15) is 12.6 Å². The molecule has 0 aromatic heterocycles. The summed E-state index contributed by atoms with van der Waals surface area (Å²) in [5, 5.41) is 0. The number of hydrogen-bond donors (Lipinski definition) is 1. The zero-order valence-electron chi connectivity index (χ0n) is 7.93. The van der Waals surface area contributed by atoms with Gasteiger partial charge < -0.3 is 0 Å². The van der Waals surface area contributed by atoms with E-state index < -0.39 is 10.0 Å². The predicted octanol–water partition coefficient (Wildman–Crippen LogP) is 0.683. The van der Waals surface area contributed by atoms with Crippen molar-refractivity contribution in [3.63, 3.8) is 0 Å². The lowest BCUT2D eigenvalue weighted by molar-refractivity contribution is 0.112. The number of hydrogen-bond acceptors (Lipinski definition) is 4. The Kier molecular flexibility index (Phi) is 3.21. The summed E-state index contributed by atoms with van der Waals surface area (Å²) in [7, 11) is -3.41. The van der Waals surface area contributed by atoms with Crippen molar-refractivity contribution in [1.82, 2.24) is 0 Å². The standard InChI is InChI=1S/C9H9NO4S/c1-15(13,14)10-9-3-7(5-11)2-8(4-9)6-12/h2-6,10H,1H3. The van der Waals surface area contributed by atoms with Crippen molar-refractivity contribution in [2.75, 3.05) is 11.0 Å². The normalized spacial score (nSPS) is 10.7. The highest BCUT2D eigenvalue weighted by atomic mass is 32.2. The third-order valence-electron chi connectivity index (χ3n) is 1.55. The quantitative estimate of drug-likeness (QED) is 0.767. The molecular formula is C9H9NO4S. The van der Waals surface area contributed by atoms with Crippen LogP contribution in [0, 0.1) is 0 Å². The number of carbonyl (C=O) groups excluding carboxylic acids is 2. The molecule has 1 rings (SSSR count). The molecule has 0 aliphatic carbocycles. The molecule has 1 aromatic carbocycles. The third kappa shape index (κ3) is 3.51. The highest BCUT2D eigenvalue weighted by Gasteiger charge is 2.04. The molecule has 0 saturated carbocycles. The van der Waals surface area contributed by atoms with Gasteiger partial charge in [-0.15, -0.1) is 0 Å². The van der Waals surface area contributed by atoms with E-state index in [0.717, 1.165) is 6.26 Å². The molecule has 0 unspecified atom stereocenters. The summed E-state index contributed by atoms with van der Waals surface area (Å²) < 4.78 is 24.0. The van der Waals surface area contributed by atoms with Crippen molar-refractivity contribution in [2.24, 2.45) is 0 Å². The Morgan fingerprint density at radius 3 is 1.87 bits per heavy atom. The molecule has 0 atom stereocenters. The van der Waals surface area contributed by atoms with Crippen LogP contribution in [0.3, 0.4) is 0 Å². The van der Waals surface area contributed by atoms with Crippen LogP contribution in [0.1, 0.15) is 20.7 Å². The van der Waals surface area contributed by atoms with E-state index in [2.05, 4.69) is 4.72 Å². The third-order valence-corrected chi connectivity index (χ3v) is 2.16. The van der Waals surface area contributed by atoms with Gasteiger partial charge in [0.2, 0.25) is 10.0 Å². The Labute approximate surface area is 87.2 Å². The number of rotatable bonds is 4. The molecule has 0 amide bonds. The second-order valence-electron chi connectivity index (χ2n) is 3.00. The van der Waals surface area contributed by atoms with E-state index in [1.807, 2.05) is 0 Å². The zero-order chi connectivity index (χ0) is 11.5. The Morgan fingerprint density at radius 1 is 1.07 bits per heavy atom. The molecule has 0 radical (unpaired) electrons. The Morgan fingerprint density at radius 2 is 1.53 bits per heavy atom. The first-order chi connectivity index (χ1) is 6.94. The molecule has 0 aliphatic rings. The number of aldehydes is 2. The Bertz CT molecular complexity index is 467. The van der Waals surface area contributed by atoms with Crippen molar-refractivity contribution in [2.45, 2.75) is 0 Å². The summed E-state index contributed by atoms with van der Waals surface area (Å²) in [5.41, 5.74) is 0.681. The zero-order valence-corrected chi connectivity index (χ0v) is 8.74. The highest BCUT2D eigenvalue weighted by molar-refractivity contribution is 7.92. The molecule has 5 nitrogen and oxygen atoms in total. The van der Waals surface area contributed by atoms with Crippen molar-refractivity contribution in [3.8, 4) is 0 Å². The number of benzene rings is 1. The SMILES string of the molecule is CS(=O)(=O)Nc1cc(C=O)cc(C=O)c1. The smallest absolute Gasteiger partial charge is 0.229 e. The molecule has 0 spiro atoms. The van der Waals surface area contributed by atoms with Gasteiger partial charge >= 0.3 is 0 Å². The minimum absolute atomic E-state index is 0.198. The van der Waals surface area contributed by atoms with E-state index in [-0.39, 0.29) is 16.8 Å². The molecule has 0 fully saturated rings. The van der Waals surface area contributed by atoms with E-state index in [4.69, 9.17) is 0 Å².